The summed E-state index contributed by atoms with van der Waals surface area (Å²) in [6.45, 7) is 0. The van der Waals surface area contributed by atoms with Gasteiger partial charge in [-0.25, -0.2) is 30.7 Å². The number of hydrogen-bond acceptors (Lipinski definition) is 1. The van der Waals surface area contributed by atoms with E-state index in [1.807, 2.05) is 0 Å². The quantitative estimate of drug-likeness (QED) is 0.540. The van der Waals surface area contributed by atoms with Crippen LogP contribution in [0.1, 0.15) is 11.5 Å². The molecule has 124 valence electrons. The first kappa shape index (κ1) is 16.3. The topological polar surface area (TPSA) is 17.1 Å². The first-order chi connectivity index (χ1) is 10.5. The molecule has 9 heteroatoms. The number of fused-ring (bicyclic) bond motifs is 2. The number of carbonyl (C=O) groups is 1. The van der Waals surface area contributed by atoms with E-state index in [1.165, 1.54) is 0 Å². The molecule has 1 fully saturated rings. The molecule has 0 saturated heterocycles. The number of Topliss-reactive ketones (excluding diaryl/α,β-unsaturated/α-hetero) is 1. The van der Waals surface area contributed by atoms with Crippen LogP contribution in [0.4, 0.5) is 30.7 Å². The second kappa shape index (κ2) is 4.49. The molecule has 3 aliphatic carbocycles. The van der Waals surface area contributed by atoms with Crippen LogP contribution < -0.4 is 0 Å². The fraction of sp³-hybridized carbons (Fsp3) is 0.357. The van der Waals surface area contributed by atoms with Gasteiger partial charge in [-0.1, -0.05) is 23.7 Å². The molecule has 0 spiro atoms. The number of hydrogen-bond donors (Lipinski definition) is 0. The number of benzene rings is 1. The smallest absolute Gasteiger partial charge is 0.288 e. The SMILES string of the molecule is O=C1[C@@]2(F)C(F)=C(F)[C@](F)([C@H](F)[C@H]2c2ccc(F)cc2)[C@@]1(F)Cl. The normalized spacial score (nSPS) is 43.2. The second-order valence-electron chi connectivity index (χ2n) is 5.39. The summed E-state index contributed by atoms with van der Waals surface area (Å²) in [6.07, 6.45) is -3.35. The van der Waals surface area contributed by atoms with Gasteiger partial charge in [-0.05, 0) is 17.7 Å². The number of alkyl halides is 5. The third kappa shape index (κ3) is 1.62. The minimum Gasteiger partial charge on any atom is -0.290 e. The fourth-order valence-corrected chi connectivity index (χ4v) is 3.35. The minimum absolute atomic E-state index is 0.549. The summed E-state index contributed by atoms with van der Waals surface area (Å²) in [4.78, 5) is 11.8. The summed E-state index contributed by atoms with van der Waals surface area (Å²) in [5.74, 6) is -11.2. The van der Waals surface area contributed by atoms with Gasteiger partial charge in [0.05, 0.1) is 5.92 Å². The summed E-state index contributed by atoms with van der Waals surface area (Å²) in [7, 11) is 0. The lowest BCUT2D eigenvalue weighted by Gasteiger charge is -2.52. The monoisotopic (exact) mass is 358 g/mol. The summed E-state index contributed by atoms with van der Waals surface area (Å²) in [5.41, 5.74) is -9.25. The molecule has 1 nitrogen and oxygen atoms in total. The van der Waals surface area contributed by atoms with Crippen molar-refractivity contribution >= 4 is 17.4 Å². The fourth-order valence-electron chi connectivity index (χ4n) is 3.02. The van der Waals surface area contributed by atoms with Crippen molar-refractivity contribution in [1.29, 1.82) is 0 Å². The van der Waals surface area contributed by atoms with Gasteiger partial charge in [0.15, 0.2) is 17.8 Å². The minimum atomic E-state index is -4.53. The number of rotatable bonds is 1. The molecule has 0 N–H and O–H groups in total. The maximum Gasteiger partial charge on any atom is 0.288 e. The van der Waals surface area contributed by atoms with E-state index in [0.29, 0.717) is 12.1 Å². The average Bonchev–Trinajstić information content (AvgIpc) is 2.50. The van der Waals surface area contributed by atoms with Gasteiger partial charge < -0.3 is 0 Å². The first-order valence-corrected chi connectivity index (χ1v) is 6.64. The van der Waals surface area contributed by atoms with Crippen LogP contribution in [0.2, 0.25) is 0 Å². The maximum absolute atomic E-state index is 14.9. The molecule has 1 aromatic carbocycles. The average molecular weight is 359 g/mol. The third-order valence-electron chi connectivity index (χ3n) is 4.23. The number of carbonyl (C=O) groups excluding carboxylic acids is 1. The third-order valence-corrected chi connectivity index (χ3v) is 4.68. The van der Waals surface area contributed by atoms with E-state index in [1.54, 1.807) is 0 Å². The molecule has 1 saturated carbocycles. The molecule has 0 amide bonds. The highest BCUT2D eigenvalue weighted by molar-refractivity contribution is 6.37. The predicted octanol–water partition coefficient (Wildman–Crippen LogP) is 4.32. The van der Waals surface area contributed by atoms with Crippen LogP contribution in [-0.2, 0) is 4.79 Å². The molecular formula is C14H6ClF7O. The lowest BCUT2D eigenvalue weighted by atomic mass is 9.59. The molecule has 0 heterocycles. The number of ketones is 1. The Morgan fingerprint density at radius 3 is 2.00 bits per heavy atom. The molecule has 23 heavy (non-hydrogen) atoms. The van der Waals surface area contributed by atoms with Crippen LogP contribution in [-0.4, -0.2) is 28.4 Å². The van der Waals surface area contributed by atoms with Crippen LogP contribution in [0.3, 0.4) is 0 Å². The van der Waals surface area contributed by atoms with Crippen molar-refractivity contribution in [2.24, 2.45) is 0 Å². The Bertz CT molecular complexity index is 731. The summed E-state index contributed by atoms with van der Waals surface area (Å²) < 4.78 is 98.4. The zero-order valence-electron chi connectivity index (χ0n) is 10.9. The van der Waals surface area contributed by atoms with E-state index in [-0.39, 0.29) is 0 Å². The van der Waals surface area contributed by atoms with Crippen LogP contribution >= 0.6 is 11.6 Å². The van der Waals surface area contributed by atoms with Crippen molar-refractivity contribution in [3.63, 3.8) is 0 Å². The van der Waals surface area contributed by atoms with Gasteiger partial charge >= 0.3 is 0 Å². The van der Waals surface area contributed by atoms with E-state index in [4.69, 9.17) is 11.6 Å². The van der Waals surface area contributed by atoms with Gasteiger partial charge in [-0.15, -0.1) is 0 Å². The molecule has 4 rings (SSSR count). The highest BCUT2D eigenvalue weighted by Crippen LogP contribution is 2.65. The number of halogens is 8. The van der Waals surface area contributed by atoms with Gasteiger partial charge in [-0.3, -0.25) is 4.79 Å². The Morgan fingerprint density at radius 2 is 1.48 bits per heavy atom. The van der Waals surface area contributed by atoms with E-state index in [2.05, 4.69) is 0 Å². The van der Waals surface area contributed by atoms with E-state index >= 15 is 0 Å². The van der Waals surface area contributed by atoms with Crippen molar-refractivity contribution in [3.05, 3.63) is 47.3 Å². The molecule has 0 aromatic heterocycles. The molecule has 2 bridgehead atoms. The summed E-state index contributed by atoms with van der Waals surface area (Å²) in [5, 5.41) is -4.45. The van der Waals surface area contributed by atoms with Crippen molar-refractivity contribution in [2.75, 3.05) is 0 Å². The van der Waals surface area contributed by atoms with Crippen molar-refractivity contribution in [1.82, 2.24) is 0 Å². The number of allylic oxidation sites excluding steroid dienone is 2. The van der Waals surface area contributed by atoms with Crippen LogP contribution in [0, 0.1) is 5.82 Å². The van der Waals surface area contributed by atoms with Gasteiger partial charge in [0.1, 0.15) is 5.82 Å². The van der Waals surface area contributed by atoms with Gasteiger partial charge in [-0.2, -0.15) is 0 Å². The summed E-state index contributed by atoms with van der Waals surface area (Å²) in [6, 6.07) is 2.93. The van der Waals surface area contributed by atoms with Crippen molar-refractivity contribution < 1.29 is 35.5 Å². The lowest BCUT2D eigenvalue weighted by molar-refractivity contribution is -0.174. The summed E-state index contributed by atoms with van der Waals surface area (Å²) >= 11 is 4.91. The molecule has 0 unspecified atom stereocenters. The van der Waals surface area contributed by atoms with Crippen LogP contribution in [0.5, 0.6) is 0 Å². The zero-order chi connectivity index (χ0) is 17.4. The highest BCUT2D eigenvalue weighted by Gasteiger charge is 2.84. The Hall–Kier alpha value is -1.57. The van der Waals surface area contributed by atoms with Gasteiger partial charge in [0.2, 0.25) is 11.5 Å². The van der Waals surface area contributed by atoms with E-state index in [9.17, 15) is 35.5 Å². The molecule has 1 aromatic rings. The standard InChI is InChI=1S/C14H6ClF7O/c15-14(22)11(23)12(20)7(5-1-3-6(16)4-2-5)8(17)13(14,21)10(19)9(12)18/h1-4,7-8H/t7-,8-,12+,13-,14-/m1/s1. The largest absolute Gasteiger partial charge is 0.290 e. The van der Waals surface area contributed by atoms with Crippen molar-refractivity contribution in [3.8, 4) is 0 Å². The van der Waals surface area contributed by atoms with E-state index in [0.717, 1.165) is 12.1 Å². The Balaban J connectivity index is 2.31. The van der Waals surface area contributed by atoms with Crippen LogP contribution in [0.15, 0.2) is 35.9 Å². The Labute approximate surface area is 129 Å². The predicted molar refractivity (Wildman–Crippen MR) is 65.7 cm³/mol. The van der Waals surface area contributed by atoms with Crippen LogP contribution in [0.25, 0.3) is 0 Å². The molecule has 0 aliphatic heterocycles. The Morgan fingerprint density at radius 1 is 0.957 bits per heavy atom. The zero-order valence-corrected chi connectivity index (χ0v) is 11.7. The molecule has 3 aliphatic rings. The highest BCUT2D eigenvalue weighted by atomic mass is 35.5. The van der Waals surface area contributed by atoms with Crippen molar-refractivity contribution in [2.45, 2.75) is 28.6 Å². The maximum atomic E-state index is 14.9. The Kier molecular flexibility index (Phi) is 3.18. The van der Waals surface area contributed by atoms with Gasteiger partial charge in [0, 0.05) is 0 Å². The molecule has 5 atom stereocenters. The van der Waals surface area contributed by atoms with E-state index < -0.39 is 57.4 Å². The molecular weight excluding hydrogens is 353 g/mol. The second-order valence-corrected chi connectivity index (χ2v) is 5.91. The lowest BCUT2D eigenvalue weighted by Crippen LogP contribution is -2.74. The molecule has 0 radical (unpaired) electrons. The van der Waals surface area contributed by atoms with Gasteiger partial charge in [0.25, 0.3) is 10.8 Å². The first-order valence-electron chi connectivity index (χ1n) is 6.27.